The number of ether oxygens (including phenoxy) is 1. The number of hydrogen-bond acceptors (Lipinski definition) is 4. The van der Waals surface area contributed by atoms with Gasteiger partial charge in [-0.2, -0.15) is 5.10 Å². The van der Waals surface area contributed by atoms with Crippen LogP contribution in [0.3, 0.4) is 0 Å². The molecule has 0 amide bonds. The standard InChI is InChI=1S/C7H12ClN3O3S/c1-11-7(6(8)5-9-11)15(12,13)10-3-4-14-2/h5,10H,3-4H2,1-2H3. The SMILES string of the molecule is COCCNS(=O)(=O)c1c(Cl)cnn1C. The van der Waals surface area contributed by atoms with Crippen LogP contribution in [0.5, 0.6) is 0 Å². The molecule has 0 aliphatic heterocycles. The molecule has 15 heavy (non-hydrogen) atoms. The van der Waals surface area contributed by atoms with E-state index in [4.69, 9.17) is 16.3 Å². The minimum Gasteiger partial charge on any atom is -0.383 e. The second-order valence-corrected chi connectivity index (χ2v) is 4.90. The lowest BCUT2D eigenvalue weighted by Crippen LogP contribution is -2.29. The quantitative estimate of drug-likeness (QED) is 0.750. The third-order valence-electron chi connectivity index (χ3n) is 1.70. The average Bonchev–Trinajstić information content (AvgIpc) is 2.46. The summed E-state index contributed by atoms with van der Waals surface area (Å²) in [7, 11) is -0.610. The van der Waals surface area contributed by atoms with Gasteiger partial charge in [0.15, 0.2) is 5.03 Å². The molecule has 0 saturated heterocycles. The van der Waals surface area contributed by atoms with Crippen LogP contribution in [0.2, 0.25) is 5.02 Å². The topological polar surface area (TPSA) is 73.2 Å². The molecule has 0 spiro atoms. The molecule has 1 rings (SSSR count). The summed E-state index contributed by atoms with van der Waals surface area (Å²) in [5, 5.41) is 3.80. The van der Waals surface area contributed by atoms with Crippen molar-refractivity contribution >= 4 is 21.6 Å². The smallest absolute Gasteiger partial charge is 0.259 e. The van der Waals surface area contributed by atoms with Crippen LogP contribution in [0.4, 0.5) is 0 Å². The zero-order valence-corrected chi connectivity index (χ0v) is 9.97. The van der Waals surface area contributed by atoms with E-state index in [0.717, 1.165) is 0 Å². The van der Waals surface area contributed by atoms with E-state index in [-0.39, 0.29) is 16.6 Å². The number of nitrogens with zero attached hydrogens (tertiary/aromatic N) is 2. The van der Waals surface area contributed by atoms with E-state index < -0.39 is 10.0 Å². The van der Waals surface area contributed by atoms with Crippen molar-refractivity contribution in [2.24, 2.45) is 7.05 Å². The lowest BCUT2D eigenvalue weighted by Gasteiger charge is -2.06. The Morgan fingerprint density at radius 1 is 1.67 bits per heavy atom. The second kappa shape index (κ2) is 4.93. The first-order chi connectivity index (χ1) is 6.99. The fourth-order valence-electron chi connectivity index (χ4n) is 1.05. The van der Waals surface area contributed by atoms with Gasteiger partial charge in [-0.3, -0.25) is 4.68 Å². The number of methoxy groups -OCH3 is 1. The van der Waals surface area contributed by atoms with Gasteiger partial charge in [-0.1, -0.05) is 11.6 Å². The van der Waals surface area contributed by atoms with Crippen molar-refractivity contribution in [3.05, 3.63) is 11.2 Å². The van der Waals surface area contributed by atoms with Crippen LogP contribution in [0.1, 0.15) is 0 Å². The summed E-state index contributed by atoms with van der Waals surface area (Å²) in [6.45, 7) is 0.495. The van der Waals surface area contributed by atoms with E-state index in [1.165, 1.54) is 25.0 Å². The van der Waals surface area contributed by atoms with Crippen LogP contribution in [-0.4, -0.2) is 38.5 Å². The summed E-state index contributed by atoms with van der Waals surface area (Å²) in [6.07, 6.45) is 1.28. The van der Waals surface area contributed by atoms with Crippen LogP contribution in [0.15, 0.2) is 11.2 Å². The zero-order chi connectivity index (χ0) is 11.5. The van der Waals surface area contributed by atoms with Crippen LogP contribution in [-0.2, 0) is 21.8 Å². The van der Waals surface area contributed by atoms with E-state index in [9.17, 15) is 8.42 Å². The molecule has 86 valence electrons. The molecule has 0 unspecified atom stereocenters. The third kappa shape index (κ3) is 2.91. The van der Waals surface area contributed by atoms with Crippen molar-refractivity contribution in [3.63, 3.8) is 0 Å². The molecule has 1 heterocycles. The molecule has 0 bridgehead atoms. The van der Waals surface area contributed by atoms with E-state index in [1.54, 1.807) is 0 Å². The van der Waals surface area contributed by atoms with Gasteiger partial charge in [0.2, 0.25) is 0 Å². The molecule has 1 aromatic heterocycles. The first-order valence-corrected chi connectivity index (χ1v) is 6.01. The largest absolute Gasteiger partial charge is 0.383 e. The predicted molar refractivity (Wildman–Crippen MR) is 55.3 cm³/mol. The summed E-state index contributed by atoms with van der Waals surface area (Å²) < 4.78 is 31.7. The van der Waals surface area contributed by atoms with E-state index >= 15 is 0 Å². The first kappa shape index (κ1) is 12.4. The van der Waals surface area contributed by atoms with Crippen molar-refractivity contribution in [2.75, 3.05) is 20.3 Å². The summed E-state index contributed by atoms with van der Waals surface area (Å²) in [5.41, 5.74) is 0. The molecule has 0 aliphatic rings. The Kier molecular flexibility index (Phi) is 4.09. The van der Waals surface area contributed by atoms with Gasteiger partial charge in [0.1, 0.15) is 0 Å². The van der Waals surface area contributed by atoms with E-state index in [0.29, 0.717) is 6.61 Å². The Hall–Kier alpha value is -0.630. The zero-order valence-electron chi connectivity index (χ0n) is 8.40. The Balaban J connectivity index is 2.87. The Morgan fingerprint density at radius 3 is 2.80 bits per heavy atom. The molecule has 0 atom stereocenters. The van der Waals surface area contributed by atoms with Crippen molar-refractivity contribution in [3.8, 4) is 0 Å². The van der Waals surface area contributed by atoms with Gasteiger partial charge < -0.3 is 4.74 Å². The molecule has 6 nitrogen and oxygen atoms in total. The minimum atomic E-state index is -3.61. The van der Waals surface area contributed by atoms with Gasteiger partial charge in [-0.15, -0.1) is 0 Å². The number of hydrogen-bond donors (Lipinski definition) is 1. The van der Waals surface area contributed by atoms with Crippen LogP contribution in [0, 0.1) is 0 Å². The third-order valence-corrected chi connectivity index (χ3v) is 3.66. The monoisotopic (exact) mass is 253 g/mol. The highest BCUT2D eigenvalue weighted by Gasteiger charge is 2.21. The summed E-state index contributed by atoms with van der Waals surface area (Å²) >= 11 is 5.71. The minimum absolute atomic E-state index is 0.0414. The number of halogens is 1. The first-order valence-electron chi connectivity index (χ1n) is 4.15. The molecule has 0 fully saturated rings. The molecule has 0 aromatic carbocycles. The highest BCUT2D eigenvalue weighted by atomic mass is 35.5. The average molecular weight is 254 g/mol. The van der Waals surface area contributed by atoms with Crippen molar-refractivity contribution in [2.45, 2.75) is 5.03 Å². The van der Waals surface area contributed by atoms with Crippen molar-refractivity contribution in [1.29, 1.82) is 0 Å². The molecular weight excluding hydrogens is 242 g/mol. The van der Waals surface area contributed by atoms with Crippen LogP contribution < -0.4 is 4.72 Å². The summed E-state index contributed by atoms with van der Waals surface area (Å²) in [6, 6.07) is 0. The van der Waals surface area contributed by atoms with Crippen molar-refractivity contribution < 1.29 is 13.2 Å². The number of nitrogens with one attached hydrogen (secondary N) is 1. The van der Waals surface area contributed by atoms with Crippen LogP contribution in [0.25, 0.3) is 0 Å². The maximum atomic E-state index is 11.7. The Bertz CT molecular complexity index is 409. The fourth-order valence-corrected chi connectivity index (χ4v) is 2.71. The van der Waals surface area contributed by atoms with Gasteiger partial charge in [-0.25, -0.2) is 13.1 Å². The molecule has 8 heteroatoms. The van der Waals surface area contributed by atoms with Gasteiger partial charge in [-0.05, 0) is 0 Å². The summed E-state index contributed by atoms with van der Waals surface area (Å²) in [4.78, 5) is 0. The summed E-state index contributed by atoms with van der Waals surface area (Å²) in [5.74, 6) is 0. The Morgan fingerprint density at radius 2 is 2.33 bits per heavy atom. The molecule has 0 aliphatic carbocycles. The van der Waals surface area contributed by atoms with Gasteiger partial charge >= 0.3 is 0 Å². The van der Waals surface area contributed by atoms with Crippen molar-refractivity contribution in [1.82, 2.24) is 14.5 Å². The molecular formula is C7H12ClN3O3S. The second-order valence-electron chi connectivity index (χ2n) is 2.81. The Labute approximate surface area is 93.2 Å². The highest BCUT2D eigenvalue weighted by Crippen LogP contribution is 2.18. The lowest BCUT2D eigenvalue weighted by atomic mass is 10.7. The maximum Gasteiger partial charge on any atom is 0.259 e. The number of aryl methyl sites for hydroxylation is 1. The molecule has 1 aromatic rings. The number of sulfonamides is 1. The normalized spacial score (nSPS) is 11.9. The maximum absolute atomic E-state index is 11.7. The number of aromatic nitrogens is 2. The predicted octanol–water partition coefficient (Wildman–Crippen LogP) is -0.00180. The van der Waals surface area contributed by atoms with Crippen LogP contribution >= 0.6 is 11.6 Å². The van der Waals surface area contributed by atoms with Gasteiger partial charge in [0, 0.05) is 20.7 Å². The fraction of sp³-hybridized carbons (Fsp3) is 0.571. The van der Waals surface area contributed by atoms with E-state index in [2.05, 4.69) is 9.82 Å². The molecule has 0 saturated carbocycles. The number of rotatable bonds is 5. The molecule has 0 radical (unpaired) electrons. The van der Waals surface area contributed by atoms with E-state index in [1.807, 2.05) is 0 Å². The molecule has 1 N–H and O–H groups in total. The van der Waals surface area contributed by atoms with Gasteiger partial charge in [0.05, 0.1) is 17.8 Å². The lowest BCUT2D eigenvalue weighted by molar-refractivity contribution is 0.204. The highest BCUT2D eigenvalue weighted by molar-refractivity contribution is 7.89. The van der Waals surface area contributed by atoms with Gasteiger partial charge in [0.25, 0.3) is 10.0 Å².